The molecule has 47 heavy (non-hydrogen) atoms. The average Bonchev–Trinajstić information content (AvgIpc) is 3.49. The molecule has 14 heteroatoms. The van der Waals surface area contributed by atoms with Crippen molar-refractivity contribution in [3.8, 4) is 0 Å². The van der Waals surface area contributed by atoms with E-state index in [4.69, 9.17) is 4.74 Å². The third kappa shape index (κ3) is 10.3. The summed E-state index contributed by atoms with van der Waals surface area (Å²) >= 11 is 0. The molecule has 1 aromatic carbocycles. The van der Waals surface area contributed by atoms with E-state index in [1.54, 1.807) is 24.3 Å². The maximum absolute atomic E-state index is 13.8. The molecule has 3 rings (SSSR count). The number of benzene rings is 1. The topological polar surface area (TPSA) is 224 Å². The highest BCUT2D eigenvalue weighted by Gasteiger charge is 2.38. The first kappa shape index (κ1) is 37.2. The molecule has 2 heterocycles. The summed E-state index contributed by atoms with van der Waals surface area (Å²) in [5.74, 6) is -7.90. The minimum Gasteiger partial charge on any atom is -0.481 e. The fourth-order valence-electron chi connectivity index (χ4n) is 5.59. The second kappa shape index (κ2) is 18.1. The average molecular weight is 659 g/mol. The van der Waals surface area contributed by atoms with E-state index >= 15 is 0 Å². The van der Waals surface area contributed by atoms with Gasteiger partial charge in [-0.25, -0.2) is 4.79 Å². The fraction of sp³-hybridized carbons (Fsp3) is 0.576. The lowest BCUT2D eigenvalue weighted by atomic mass is 9.87. The smallest absolute Gasteiger partial charge is 0.331 e. The molecule has 1 aromatic heterocycles. The molecule has 1 aliphatic heterocycles. The van der Waals surface area contributed by atoms with E-state index in [1.165, 1.54) is 13.1 Å². The van der Waals surface area contributed by atoms with Crippen LogP contribution in [0.3, 0.4) is 0 Å². The number of carboxylic acids is 1. The number of aliphatic carboxylic acids is 1. The number of aliphatic hydroxyl groups excluding tert-OH is 2. The number of fused-ring (bicyclic) bond motifs is 1. The Morgan fingerprint density at radius 1 is 0.894 bits per heavy atom. The number of cyclic esters (lactones) is 1. The Morgan fingerprint density at radius 3 is 2.28 bits per heavy atom. The molecule has 0 saturated carbocycles. The van der Waals surface area contributed by atoms with E-state index in [2.05, 4.69) is 27.9 Å². The Morgan fingerprint density at radius 2 is 1.57 bits per heavy atom. The summed E-state index contributed by atoms with van der Waals surface area (Å²) in [4.78, 5) is 81.6. The van der Waals surface area contributed by atoms with Gasteiger partial charge in [0.1, 0.15) is 6.04 Å². The molecule has 2 aromatic rings. The first-order valence-electron chi connectivity index (χ1n) is 16.2. The van der Waals surface area contributed by atoms with Gasteiger partial charge >= 0.3 is 11.9 Å². The van der Waals surface area contributed by atoms with Crippen molar-refractivity contribution in [1.82, 2.24) is 20.9 Å². The summed E-state index contributed by atoms with van der Waals surface area (Å²) in [6.45, 7) is 2.32. The summed E-state index contributed by atoms with van der Waals surface area (Å²) in [7, 11) is 0. The lowest BCUT2D eigenvalue weighted by molar-refractivity contribution is -0.152. The number of para-hydroxylation sites is 1. The van der Waals surface area contributed by atoms with Gasteiger partial charge in [0.2, 0.25) is 11.8 Å². The van der Waals surface area contributed by atoms with Gasteiger partial charge in [-0.15, -0.1) is 0 Å². The minimum atomic E-state index is -1.94. The van der Waals surface area contributed by atoms with Crippen molar-refractivity contribution < 1.29 is 48.8 Å². The van der Waals surface area contributed by atoms with Crippen LogP contribution in [-0.4, -0.2) is 93.2 Å². The predicted molar refractivity (Wildman–Crippen MR) is 170 cm³/mol. The van der Waals surface area contributed by atoms with Crippen LogP contribution in [-0.2, 0) is 28.7 Å². The van der Waals surface area contributed by atoms with E-state index in [1.807, 2.05) is 0 Å². The zero-order valence-corrected chi connectivity index (χ0v) is 26.8. The predicted octanol–water partition coefficient (Wildman–Crippen LogP) is 1.58. The van der Waals surface area contributed by atoms with Crippen LogP contribution in [0.5, 0.6) is 0 Å². The van der Waals surface area contributed by atoms with Gasteiger partial charge in [-0.3, -0.25) is 24.0 Å². The zero-order chi connectivity index (χ0) is 34.5. The number of carboxylic acid groups (broad SMARTS) is 1. The first-order valence-corrected chi connectivity index (χ1v) is 16.2. The number of esters is 1. The van der Waals surface area contributed by atoms with Gasteiger partial charge in [0.25, 0.3) is 5.91 Å². The maximum Gasteiger partial charge on any atom is 0.331 e. The molecule has 0 aliphatic carbocycles. The van der Waals surface area contributed by atoms with Crippen molar-refractivity contribution in [3.05, 3.63) is 36.0 Å². The molecular weight excluding hydrogens is 612 g/mol. The Hall–Kier alpha value is -4.30. The lowest BCUT2D eigenvalue weighted by Gasteiger charge is -2.28. The number of H-pyrrole nitrogens is 1. The van der Waals surface area contributed by atoms with Gasteiger partial charge in [-0.2, -0.15) is 0 Å². The van der Waals surface area contributed by atoms with Crippen LogP contribution in [0.4, 0.5) is 0 Å². The number of hydrogen-bond acceptors (Lipinski definition) is 9. The number of unbranched alkanes of at least 4 members (excludes halogenated alkanes) is 5. The standard InChI is InChI=1S/C33H46N4O10/c1-3-4-5-6-7-8-11-20-18-47-33(46)25(17-38)36-32(45)27(29(42)22-16-34-23-13-10-9-12-21(22)23)37-31(44)24(14-15-26(39)40)35-30(43)19(2)28(20)41/h9-10,12-13,16,19-20,24-25,27-28,34,38,41H,3-8,11,14-15,17-18H2,1-2H3,(H,35,43)(H,36,45)(H,37,44)(H,39,40)/t19-,20-,24+,25-,27-,28+/m0/s1. The summed E-state index contributed by atoms with van der Waals surface area (Å²) in [5, 5.41) is 38.0. The number of ether oxygens (including phenoxy) is 1. The second-order valence-electron chi connectivity index (χ2n) is 12.0. The Labute approximate surface area is 273 Å². The molecule has 3 amide bonds. The molecule has 1 fully saturated rings. The van der Waals surface area contributed by atoms with Crippen molar-refractivity contribution in [2.75, 3.05) is 13.2 Å². The molecule has 14 nitrogen and oxygen atoms in total. The number of nitrogens with one attached hydrogen (secondary N) is 4. The van der Waals surface area contributed by atoms with Gasteiger partial charge < -0.3 is 41.0 Å². The highest BCUT2D eigenvalue weighted by Crippen LogP contribution is 2.23. The molecule has 7 N–H and O–H groups in total. The summed E-state index contributed by atoms with van der Waals surface area (Å²) in [6, 6.07) is 1.68. The maximum atomic E-state index is 13.8. The number of carbonyl (C=O) groups excluding carboxylic acids is 5. The van der Waals surface area contributed by atoms with E-state index < -0.39 is 84.5 Å². The van der Waals surface area contributed by atoms with E-state index in [0.717, 1.165) is 32.1 Å². The van der Waals surface area contributed by atoms with Gasteiger partial charge in [0.15, 0.2) is 17.9 Å². The van der Waals surface area contributed by atoms with Crippen molar-refractivity contribution >= 4 is 46.3 Å². The minimum absolute atomic E-state index is 0.0440. The van der Waals surface area contributed by atoms with Crippen molar-refractivity contribution in [1.29, 1.82) is 0 Å². The highest BCUT2D eigenvalue weighted by atomic mass is 16.5. The number of amides is 3. The largest absolute Gasteiger partial charge is 0.481 e. The number of aromatic nitrogens is 1. The SMILES string of the molecule is CCCCCCCC[C@H]1COC(=O)[C@H](CO)NC(=O)[C@H](C(=O)c2c[nH]c3ccccc23)NC(=O)[C@@H](CCC(=O)O)NC(=O)[C@@H](C)[C@H]1O. The molecule has 0 unspecified atom stereocenters. The number of ketones is 1. The van der Waals surface area contributed by atoms with Crippen molar-refractivity contribution in [3.63, 3.8) is 0 Å². The quantitative estimate of drug-likeness (QED) is 0.0712. The van der Waals surface area contributed by atoms with E-state index in [0.29, 0.717) is 23.7 Å². The molecule has 0 bridgehead atoms. The number of carbonyl (C=O) groups is 6. The van der Waals surface area contributed by atoms with E-state index in [-0.39, 0.29) is 18.6 Å². The fourth-order valence-corrected chi connectivity index (χ4v) is 5.59. The van der Waals surface area contributed by atoms with Crippen LogP contribution < -0.4 is 16.0 Å². The van der Waals surface area contributed by atoms with Crippen molar-refractivity contribution in [2.24, 2.45) is 11.8 Å². The first-order chi connectivity index (χ1) is 22.5. The molecule has 1 saturated heterocycles. The van der Waals surface area contributed by atoms with Gasteiger partial charge in [0.05, 0.1) is 25.2 Å². The Kier molecular flexibility index (Phi) is 14.3. The van der Waals surface area contributed by atoms with E-state index in [9.17, 15) is 44.1 Å². The van der Waals surface area contributed by atoms with Crippen molar-refractivity contribution in [2.45, 2.75) is 95.9 Å². The number of aliphatic hydroxyl groups is 2. The molecule has 0 spiro atoms. The number of hydrogen-bond donors (Lipinski definition) is 7. The van der Waals surface area contributed by atoms with Crippen LogP contribution >= 0.6 is 0 Å². The van der Waals surface area contributed by atoms with Crippen LogP contribution in [0.25, 0.3) is 10.9 Å². The molecule has 0 radical (unpaired) electrons. The highest BCUT2D eigenvalue weighted by molar-refractivity contribution is 6.20. The number of rotatable bonds is 13. The van der Waals surface area contributed by atoms with Gasteiger partial charge in [0, 0.05) is 35.0 Å². The molecule has 258 valence electrons. The molecule has 1 aliphatic rings. The van der Waals surface area contributed by atoms with Crippen LogP contribution in [0.2, 0.25) is 0 Å². The molecular formula is C33H46N4O10. The van der Waals surface area contributed by atoms with Crippen LogP contribution in [0.15, 0.2) is 30.5 Å². The number of aromatic amines is 1. The summed E-state index contributed by atoms with van der Waals surface area (Å²) in [6.07, 6.45) is 5.28. The second-order valence-corrected chi connectivity index (χ2v) is 12.0. The normalized spacial score (nSPS) is 24.8. The van der Waals surface area contributed by atoms with Gasteiger partial charge in [-0.05, 0) is 18.9 Å². The van der Waals surface area contributed by atoms with Gasteiger partial charge in [-0.1, -0.05) is 70.6 Å². The van der Waals surface area contributed by atoms with Crippen LogP contribution in [0.1, 0.15) is 82.0 Å². The zero-order valence-electron chi connectivity index (χ0n) is 26.8. The molecule has 6 atom stereocenters. The summed E-state index contributed by atoms with van der Waals surface area (Å²) in [5.41, 5.74) is 0.619. The Balaban J connectivity index is 1.95. The Bertz CT molecular complexity index is 1410. The number of Topliss-reactive ketones (excluding diaryl/α,β-unsaturated/α-hetero) is 1. The monoisotopic (exact) mass is 658 g/mol. The lowest BCUT2D eigenvalue weighted by Crippen LogP contribution is -2.59. The summed E-state index contributed by atoms with van der Waals surface area (Å²) < 4.78 is 5.42. The third-order valence-electron chi connectivity index (χ3n) is 8.51. The van der Waals surface area contributed by atoms with Crippen LogP contribution in [0, 0.1) is 11.8 Å². The third-order valence-corrected chi connectivity index (χ3v) is 8.51.